The maximum Gasteiger partial charge on any atom is 0.356 e. The van der Waals surface area contributed by atoms with E-state index in [1.54, 1.807) is 37.3 Å². The van der Waals surface area contributed by atoms with Crippen LogP contribution < -0.4 is 5.73 Å². The highest BCUT2D eigenvalue weighted by Crippen LogP contribution is 2.53. The summed E-state index contributed by atoms with van der Waals surface area (Å²) < 4.78 is 0. The van der Waals surface area contributed by atoms with Crippen molar-refractivity contribution < 1.29 is 14.6 Å². The molecule has 0 heterocycles. The molecule has 4 nitrogen and oxygen atoms in total. The molecule has 1 aromatic rings. The van der Waals surface area contributed by atoms with Crippen LogP contribution in [-0.4, -0.2) is 27.5 Å². The van der Waals surface area contributed by atoms with Gasteiger partial charge in [-0.3, -0.25) is 0 Å². The second-order valence-electron chi connectivity index (χ2n) is 3.89. The second kappa shape index (κ2) is 5.51. The van der Waals surface area contributed by atoms with Crippen molar-refractivity contribution in [2.24, 2.45) is 5.73 Å². The molecule has 0 fully saturated rings. The Kier molecular flexibility index (Phi) is 4.56. The maximum absolute atomic E-state index is 11.8. The van der Waals surface area contributed by atoms with Gasteiger partial charge in [0.1, 0.15) is 6.16 Å². The molecule has 16 heavy (non-hydrogen) atoms. The minimum absolute atomic E-state index is 0.0540. The number of carbonyl (C=O) groups is 1. The van der Waals surface area contributed by atoms with E-state index in [2.05, 4.69) is 0 Å². The van der Waals surface area contributed by atoms with E-state index in [4.69, 9.17) is 5.73 Å². The van der Waals surface area contributed by atoms with Crippen molar-refractivity contribution in [3.05, 3.63) is 35.9 Å². The molecule has 0 aliphatic carbocycles. The zero-order valence-electron chi connectivity index (χ0n) is 9.21. The van der Waals surface area contributed by atoms with Crippen LogP contribution in [0.5, 0.6) is 0 Å². The van der Waals surface area contributed by atoms with Crippen LogP contribution in [0.2, 0.25) is 0 Å². The smallest absolute Gasteiger partial charge is 0.328 e. The number of benzene rings is 1. The Balaban J connectivity index is 2.72. The fourth-order valence-electron chi connectivity index (χ4n) is 1.27. The third-order valence-electron chi connectivity index (χ3n) is 2.24. The van der Waals surface area contributed by atoms with Crippen molar-refractivity contribution >= 4 is 13.2 Å². The Hall–Kier alpha value is -0.800. The summed E-state index contributed by atoms with van der Waals surface area (Å²) in [5.41, 5.74) is 5.29. The lowest BCUT2D eigenvalue weighted by Gasteiger charge is -2.11. The van der Waals surface area contributed by atoms with Gasteiger partial charge in [0.15, 0.2) is 0 Å². The molecular weight excluding hydrogens is 225 g/mol. The highest BCUT2D eigenvalue weighted by molar-refractivity contribution is 7.81. The van der Waals surface area contributed by atoms with Crippen LogP contribution in [-0.2, 0) is 0 Å². The molecule has 0 spiro atoms. The van der Waals surface area contributed by atoms with Crippen molar-refractivity contribution in [1.29, 1.82) is 0 Å². The molecule has 5 heteroatoms. The summed E-state index contributed by atoms with van der Waals surface area (Å²) in [5, 5.41) is 0. The predicted molar refractivity (Wildman–Crippen MR) is 65.3 cm³/mol. The summed E-state index contributed by atoms with van der Waals surface area (Å²) in [4.78, 5) is 31.3. The molecule has 0 radical (unpaired) electrons. The Morgan fingerprint density at radius 3 is 2.44 bits per heavy atom. The van der Waals surface area contributed by atoms with Crippen LogP contribution in [0.25, 0.3) is 0 Å². The summed E-state index contributed by atoms with van der Waals surface area (Å²) in [7, 11) is -3.53. The van der Waals surface area contributed by atoms with Gasteiger partial charge in [0.2, 0.25) is 0 Å². The van der Waals surface area contributed by atoms with E-state index in [1.165, 1.54) is 0 Å². The van der Waals surface area contributed by atoms with E-state index in [9.17, 15) is 14.6 Å². The van der Waals surface area contributed by atoms with Gasteiger partial charge in [-0.05, 0) is 19.1 Å². The zero-order valence-corrected chi connectivity index (χ0v) is 10.1. The highest BCUT2D eigenvalue weighted by atomic mass is 31.2. The Bertz CT molecular complexity index is 352. The molecule has 4 N–H and O–H groups in total. The summed E-state index contributed by atoms with van der Waals surface area (Å²) in [5.74, 6) is 0. The fraction of sp³-hybridized carbons (Fsp3) is 0.364. The normalized spacial score (nSPS) is 13.5. The SMILES string of the molecule is CC(N)CC[P+](O)(O)C(=O)c1ccccc1. The fourth-order valence-corrected chi connectivity index (χ4v) is 2.81. The lowest BCUT2D eigenvalue weighted by Crippen LogP contribution is -2.19. The van der Waals surface area contributed by atoms with Crippen LogP contribution in [0.1, 0.15) is 23.7 Å². The Morgan fingerprint density at radius 2 is 1.94 bits per heavy atom. The summed E-state index contributed by atoms with van der Waals surface area (Å²) in [6.07, 6.45) is 0.484. The van der Waals surface area contributed by atoms with Gasteiger partial charge >= 0.3 is 13.2 Å². The van der Waals surface area contributed by atoms with Crippen molar-refractivity contribution in [3.63, 3.8) is 0 Å². The topological polar surface area (TPSA) is 83.6 Å². The quantitative estimate of drug-likeness (QED) is 0.681. The van der Waals surface area contributed by atoms with Crippen LogP contribution in [0.3, 0.4) is 0 Å². The van der Waals surface area contributed by atoms with Gasteiger partial charge in [-0.15, -0.1) is 0 Å². The van der Waals surface area contributed by atoms with E-state index in [1.807, 2.05) is 0 Å². The predicted octanol–water partition coefficient (Wildman–Crippen LogP) is 1.40. The molecule has 0 saturated carbocycles. The van der Waals surface area contributed by atoms with Gasteiger partial charge in [-0.2, -0.15) is 0 Å². The minimum Gasteiger partial charge on any atom is -0.328 e. The first-order valence-corrected chi connectivity index (χ1v) is 7.00. The summed E-state index contributed by atoms with van der Waals surface area (Å²) >= 11 is 0. The molecule has 0 aromatic heterocycles. The lowest BCUT2D eigenvalue weighted by atomic mass is 10.2. The monoisotopic (exact) mass is 242 g/mol. The zero-order chi connectivity index (χ0) is 12.2. The van der Waals surface area contributed by atoms with Gasteiger partial charge in [0.25, 0.3) is 0 Å². The van der Waals surface area contributed by atoms with Gasteiger partial charge < -0.3 is 5.73 Å². The molecule has 88 valence electrons. The molecule has 0 amide bonds. The Labute approximate surface area is 95.6 Å². The first kappa shape index (κ1) is 13.3. The molecule has 1 unspecified atom stereocenters. The first-order chi connectivity index (χ1) is 7.43. The molecule has 0 aliphatic rings. The lowest BCUT2D eigenvalue weighted by molar-refractivity contribution is 0.105. The van der Waals surface area contributed by atoms with E-state index >= 15 is 0 Å². The largest absolute Gasteiger partial charge is 0.356 e. The molecular formula is C11H17NO3P+. The first-order valence-electron chi connectivity index (χ1n) is 5.12. The van der Waals surface area contributed by atoms with Crippen LogP contribution in [0.4, 0.5) is 0 Å². The van der Waals surface area contributed by atoms with Crippen molar-refractivity contribution in [1.82, 2.24) is 0 Å². The molecule has 0 aliphatic heterocycles. The van der Waals surface area contributed by atoms with E-state index in [0.717, 1.165) is 0 Å². The van der Waals surface area contributed by atoms with Crippen molar-refractivity contribution in [2.45, 2.75) is 19.4 Å². The molecule has 1 aromatic carbocycles. The Morgan fingerprint density at radius 1 is 1.38 bits per heavy atom. The molecule has 0 bridgehead atoms. The minimum atomic E-state index is -3.53. The van der Waals surface area contributed by atoms with Crippen molar-refractivity contribution in [3.8, 4) is 0 Å². The number of hydrogen-bond donors (Lipinski definition) is 3. The van der Waals surface area contributed by atoms with Gasteiger partial charge in [-0.25, -0.2) is 14.6 Å². The van der Waals surface area contributed by atoms with Gasteiger partial charge in [0.05, 0.1) is 5.56 Å². The standard InChI is InChI=1S/C11H17NO3P/c1-9(12)7-8-16(14,15)11(13)10-5-3-2-4-6-10/h2-6,9,14-15H,7-8,12H2,1H3/q+1. The summed E-state index contributed by atoms with van der Waals surface area (Å²) in [6.45, 7) is 1.77. The number of rotatable bonds is 5. The number of hydrogen-bond acceptors (Lipinski definition) is 4. The van der Waals surface area contributed by atoms with Gasteiger partial charge in [0, 0.05) is 12.5 Å². The van der Waals surface area contributed by atoms with E-state index < -0.39 is 13.2 Å². The van der Waals surface area contributed by atoms with Crippen molar-refractivity contribution in [2.75, 3.05) is 6.16 Å². The number of nitrogens with two attached hydrogens (primary N) is 1. The third kappa shape index (κ3) is 3.65. The molecule has 1 rings (SSSR count). The average Bonchev–Trinajstić information content (AvgIpc) is 2.27. The highest BCUT2D eigenvalue weighted by Gasteiger charge is 2.44. The van der Waals surface area contributed by atoms with E-state index in [0.29, 0.717) is 12.0 Å². The van der Waals surface area contributed by atoms with Crippen LogP contribution >= 0.6 is 7.72 Å². The number of carbonyl (C=O) groups excluding carboxylic acids is 1. The second-order valence-corrected chi connectivity index (χ2v) is 6.21. The average molecular weight is 242 g/mol. The van der Waals surface area contributed by atoms with Crippen LogP contribution in [0, 0.1) is 0 Å². The van der Waals surface area contributed by atoms with E-state index in [-0.39, 0.29) is 12.2 Å². The molecule has 0 saturated heterocycles. The van der Waals surface area contributed by atoms with Gasteiger partial charge in [-0.1, -0.05) is 18.2 Å². The maximum atomic E-state index is 11.8. The van der Waals surface area contributed by atoms with Crippen LogP contribution in [0.15, 0.2) is 30.3 Å². The summed E-state index contributed by atoms with van der Waals surface area (Å²) in [6, 6.07) is 8.18. The molecule has 1 atom stereocenters. The third-order valence-corrected chi connectivity index (χ3v) is 4.03.